The lowest BCUT2D eigenvalue weighted by molar-refractivity contribution is 0.350. The van der Waals surface area contributed by atoms with Crippen molar-refractivity contribution in [1.82, 2.24) is 0 Å². The molecule has 0 amide bonds. The van der Waals surface area contributed by atoms with Gasteiger partial charge in [0.1, 0.15) is 0 Å². The fourth-order valence-electron chi connectivity index (χ4n) is 1.13. The number of alkyl halides is 2. The van der Waals surface area contributed by atoms with Gasteiger partial charge in [-0.2, -0.15) is 0 Å². The normalized spacial score (nSPS) is 13.5. The fourth-order valence-corrected chi connectivity index (χ4v) is 3.25. The van der Waals surface area contributed by atoms with Gasteiger partial charge in [0.2, 0.25) is 0 Å². The molecule has 0 heterocycles. The predicted molar refractivity (Wildman–Crippen MR) is 67.7 cm³/mol. The highest BCUT2D eigenvalue weighted by Gasteiger charge is 2.29. The SMILES string of the molecule is CCC(CCl)(CCl)CCS(=O)(=O)C(C)C. The van der Waals surface area contributed by atoms with Gasteiger partial charge >= 0.3 is 0 Å². The van der Waals surface area contributed by atoms with E-state index in [2.05, 4.69) is 0 Å². The second kappa shape index (κ2) is 6.31. The number of halogens is 2. The van der Waals surface area contributed by atoms with E-state index in [1.807, 2.05) is 6.92 Å². The van der Waals surface area contributed by atoms with Crippen molar-refractivity contribution in [2.24, 2.45) is 5.41 Å². The molecule has 0 saturated heterocycles. The molecule has 0 N–H and O–H groups in total. The van der Waals surface area contributed by atoms with Gasteiger partial charge in [-0.3, -0.25) is 0 Å². The lowest BCUT2D eigenvalue weighted by Crippen LogP contribution is -2.29. The maximum Gasteiger partial charge on any atom is 0.152 e. The molecule has 0 saturated carbocycles. The Hall–Kier alpha value is 0.530. The molecule has 0 aliphatic rings. The molecular formula is C10H20Cl2O2S. The van der Waals surface area contributed by atoms with E-state index in [9.17, 15) is 8.42 Å². The Kier molecular flexibility index (Phi) is 6.53. The molecule has 0 aromatic heterocycles. The van der Waals surface area contributed by atoms with Crippen molar-refractivity contribution in [3.05, 3.63) is 0 Å². The summed E-state index contributed by atoms with van der Waals surface area (Å²) in [6.45, 7) is 5.39. The van der Waals surface area contributed by atoms with Crippen molar-refractivity contribution in [3.63, 3.8) is 0 Å². The quantitative estimate of drug-likeness (QED) is 0.669. The largest absolute Gasteiger partial charge is 0.229 e. The number of hydrogen-bond donors (Lipinski definition) is 0. The first-order valence-corrected chi connectivity index (χ1v) is 7.95. The molecule has 92 valence electrons. The summed E-state index contributed by atoms with van der Waals surface area (Å²) in [5.41, 5.74) is -0.231. The molecule has 0 aromatic carbocycles. The highest BCUT2D eigenvalue weighted by Crippen LogP contribution is 2.30. The number of rotatable bonds is 7. The molecule has 0 aromatic rings. The third-order valence-electron chi connectivity index (χ3n) is 2.95. The van der Waals surface area contributed by atoms with Gasteiger partial charge in [0.15, 0.2) is 9.84 Å². The zero-order valence-corrected chi connectivity index (χ0v) is 11.9. The predicted octanol–water partition coefficient (Wildman–Crippen LogP) is 3.07. The van der Waals surface area contributed by atoms with Crippen LogP contribution in [0.3, 0.4) is 0 Å². The van der Waals surface area contributed by atoms with E-state index in [4.69, 9.17) is 23.2 Å². The number of sulfone groups is 1. The zero-order chi connectivity index (χ0) is 12.1. The summed E-state index contributed by atoms with van der Waals surface area (Å²) < 4.78 is 23.3. The van der Waals surface area contributed by atoms with E-state index in [0.29, 0.717) is 18.2 Å². The van der Waals surface area contributed by atoms with Crippen molar-refractivity contribution in [3.8, 4) is 0 Å². The Labute approximate surface area is 103 Å². The summed E-state index contributed by atoms with van der Waals surface area (Å²) in [6, 6.07) is 0. The van der Waals surface area contributed by atoms with Gasteiger partial charge in [-0.05, 0) is 32.1 Å². The van der Waals surface area contributed by atoms with E-state index in [1.165, 1.54) is 0 Å². The molecule has 2 nitrogen and oxygen atoms in total. The molecule has 0 atom stereocenters. The molecule has 0 aliphatic heterocycles. The standard InChI is InChI=1S/C10H20Cl2O2S/c1-4-10(7-11,8-12)5-6-15(13,14)9(2)3/h9H,4-8H2,1-3H3. The van der Waals surface area contributed by atoms with Gasteiger partial charge in [0.05, 0.1) is 11.0 Å². The van der Waals surface area contributed by atoms with Crippen molar-refractivity contribution >= 4 is 33.0 Å². The number of hydrogen-bond acceptors (Lipinski definition) is 2. The molecule has 0 spiro atoms. The lowest BCUT2D eigenvalue weighted by atomic mass is 9.87. The van der Waals surface area contributed by atoms with Crippen molar-refractivity contribution in [2.75, 3.05) is 17.5 Å². The smallest absolute Gasteiger partial charge is 0.152 e. The van der Waals surface area contributed by atoms with Crippen LogP contribution < -0.4 is 0 Å². The van der Waals surface area contributed by atoms with Crippen LogP contribution in [0.4, 0.5) is 0 Å². The van der Waals surface area contributed by atoms with Crippen molar-refractivity contribution < 1.29 is 8.42 Å². The molecule has 5 heteroatoms. The Morgan fingerprint density at radius 3 is 1.93 bits per heavy atom. The van der Waals surface area contributed by atoms with Gasteiger partial charge in [0.25, 0.3) is 0 Å². The summed E-state index contributed by atoms with van der Waals surface area (Å²) in [6.07, 6.45) is 1.37. The van der Waals surface area contributed by atoms with E-state index in [1.54, 1.807) is 13.8 Å². The minimum atomic E-state index is -2.98. The summed E-state index contributed by atoms with van der Waals surface area (Å²) in [5, 5.41) is -0.322. The van der Waals surface area contributed by atoms with Gasteiger partial charge in [0, 0.05) is 11.8 Å². The minimum Gasteiger partial charge on any atom is -0.229 e. The van der Waals surface area contributed by atoms with E-state index >= 15 is 0 Å². The second-order valence-corrected chi connectivity index (χ2v) is 7.50. The molecule has 0 rings (SSSR count). The monoisotopic (exact) mass is 274 g/mol. The maximum absolute atomic E-state index is 11.6. The van der Waals surface area contributed by atoms with Crippen LogP contribution in [0.25, 0.3) is 0 Å². The van der Waals surface area contributed by atoms with E-state index in [0.717, 1.165) is 6.42 Å². The average molecular weight is 275 g/mol. The average Bonchev–Trinajstić information content (AvgIpc) is 2.20. The zero-order valence-electron chi connectivity index (χ0n) is 9.59. The lowest BCUT2D eigenvalue weighted by Gasteiger charge is -2.28. The first-order chi connectivity index (χ1) is 6.83. The third-order valence-corrected chi connectivity index (χ3v) is 6.30. The first kappa shape index (κ1) is 15.5. The highest BCUT2D eigenvalue weighted by molar-refractivity contribution is 7.91. The van der Waals surface area contributed by atoms with Crippen molar-refractivity contribution in [2.45, 2.75) is 38.9 Å². The van der Waals surface area contributed by atoms with E-state index < -0.39 is 9.84 Å². The van der Waals surface area contributed by atoms with Crippen LogP contribution in [-0.4, -0.2) is 31.2 Å². The third kappa shape index (κ3) is 4.49. The van der Waals surface area contributed by atoms with Crippen LogP contribution in [0.5, 0.6) is 0 Å². The topological polar surface area (TPSA) is 34.1 Å². The summed E-state index contributed by atoms with van der Waals surface area (Å²) in [5.74, 6) is 1.01. The van der Waals surface area contributed by atoms with Gasteiger partial charge in [-0.15, -0.1) is 23.2 Å². The summed E-state index contributed by atoms with van der Waals surface area (Å²) in [7, 11) is -2.98. The van der Waals surface area contributed by atoms with Crippen molar-refractivity contribution in [1.29, 1.82) is 0 Å². The molecule has 15 heavy (non-hydrogen) atoms. The molecule has 0 radical (unpaired) electrons. The highest BCUT2D eigenvalue weighted by atomic mass is 35.5. The van der Waals surface area contributed by atoms with Gasteiger partial charge in [-0.1, -0.05) is 6.92 Å². The van der Waals surface area contributed by atoms with Crippen LogP contribution in [0, 0.1) is 5.41 Å². The van der Waals surface area contributed by atoms with Crippen LogP contribution in [0.1, 0.15) is 33.6 Å². The molecule has 0 bridgehead atoms. The Morgan fingerprint density at radius 2 is 1.67 bits per heavy atom. The molecule has 0 aliphatic carbocycles. The molecule has 0 fully saturated rings. The van der Waals surface area contributed by atoms with Crippen LogP contribution in [-0.2, 0) is 9.84 Å². The maximum atomic E-state index is 11.6. The molecule has 0 unspecified atom stereocenters. The fraction of sp³-hybridized carbons (Fsp3) is 1.00. The van der Waals surface area contributed by atoms with Crippen LogP contribution in [0.2, 0.25) is 0 Å². The van der Waals surface area contributed by atoms with Crippen LogP contribution in [0.15, 0.2) is 0 Å². The first-order valence-electron chi connectivity index (χ1n) is 5.17. The van der Waals surface area contributed by atoms with Gasteiger partial charge < -0.3 is 0 Å². The summed E-state index contributed by atoms with van der Waals surface area (Å²) in [4.78, 5) is 0. The second-order valence-electron chi connectivity index (χ2n) is 4.29. The Balaban J connectivity index is 4.48. The van der Waals surface area contributed by atoms with Gasteiger partial charge in [-0.25, -0.2) is 8.42 Å². The minimum absolute atomic E-state index is 0.179. The Morgan fingerprint density at radius 1 is 1.20 bits per heavy atom. The molecular weight excluding hydrogens is 255 g/mol. The summed E-state index contributed by atoms with van der Waals surface area (Å²) >= 11 is 11.7. The van der Waals surface area contributed by atoms with E-state index in [-0.39, 0.29) is 16.4 Å². The van der Waals surface area contributed by atoms with Crippen LogP contribution >= 0.6 is 23.2 Å². The Bertz CT molecular complexity index is 261.